The number of anilines is 1. The lowest BCUT2D eigenvalue weighted by molar-refractivity contribution is -0.118. The minimum Gasteiger partial charge on any atom is -0.384 e. The van der Waals surface area contributed by atoms with Crippen molar-refractivity contribution in [1.29, 1.82) is 0 Å². The molecule has 0 atom stereocenters. The molecule has 14 heteroatoms. The summed E-state index contributed by atoms with van der Waals surface area (Å²) in [6.07, 6.45) is 6.69. The molecule has 0 bridgehead atoms. The maximum Gasteiger partial charge on any atom is 0.268 e. The quantitative estimate of drug-likeness (QED) is 0.186. The van der Waals surface area contributed by atoms with Crippen molar-refractivity contribution >= 4 is 85.3 Å². The van der Waals surface area contributed by atoms with Crippen molar-refractivity contribution in [2.24, 2.45) is 0 Å². The Kier molecular flexibility index (Phi) is 9.55. The van der Waals surface area contributed by atoms with Gasteiger partial charge < -0.3 is 5.73 Å². The van der Waals surface area contributed by atoms with Crippen molar-refractivity contribution in [3.63, 3.8) is 0 Å². The molecule has 0 spiro atoms. The van der Waals surface area contributed by atoms with E-state index in [1.165, 1.54) is 32.7 Å². The molecule has 6 rings (SSSR count). The Morgan fingerprint density at radius 2 is 1.17 bits per heavy atom. The number of Topliss-reactive ketones (excluding diaryl/α,β-unsaturated/α-hetero) is 1. The summed E-state index contributed by atoms with van der Waals surface area (Å²) in [5.74, 6) is 0.434. The van der Waals surface area contributed by atoms with E-state index in [1.807, 2.05) is 13.8 Å². The van der Waals surface area contributed by atoms with Crippen molar-refractivity contribution in [3.8, 4) is 0 Å². The van der Waals surface area contributed by atoms with E-state index in [9.17, 15) is 21.6 Å². The highest BCUT2D eigenvalue weighted by Crippen LogP contribution is 2.31. The third-order valence-corrected chi connectivity index (χ3v) is 11.9. The van der Waals surface area contributed by atoms with Gasteiger partial charge in [-0.15, -0.1) is 0 Å². The van der Waals surface area contributed by atoms with Crippen LogP contribution in [0.1, 0.15) is 30.2 Å². The molecular formula is C32H29Br2N5O5S2. The summed E-state index contributed by atoms with van der Waals surface area (Å²) >= 11 is 6.77. The van der Waals surface area contributed by atoms with Crippen LogP contribution in [0.4, 0.5) is 5.82 Å². The van der Waals surface area contributed by atoms with Crippen LogP contribution < -0.4 is 5.73 Å². The molecule has 4 aromatic heterocycles. The van der Waals surface area contributed by atoms with Gasteiger partial charge in [0.25, 0.3) is 20.0 Å². The Labute approximate surface area is 283 Å². The Hall–Kier alpha value is -3.85. The van der Waals surface area contributed by atoms with Gasteiger partial charge in [0.1, 0.15) is 11.6 Å². The molecule has 238 valence electrons. The summed E-state index contributed by atoms with van der Waals surface area (Å²) in [6, 6.07) is 16.8. The molecule has 0 fully saturated rings. The summed E-state index contributed by atoms with van der Waals surface area (Å²) < 4.78 is 55.1. The summed E-state index contributed by atoms with van der Waals surface area (Å²) in [4.78, 5) is 20.3. The molecule has 0 aliphatic rings. The summed E-state index contributed by atoms with van der Waals surface area (Å²) in [5.41, 5.74) is 9.23. The Morgan fingerprint density at radius 3 is 1.63 bits per heavy atom. The lowest BCUT2D eigenvalue weighted by Gasteiger charge is -2.08. The Morgan fingerprint density at radius 1 is 0.739 bits per heavy atom. The molecule has 4 heterocycles. The van der Waals surface area contributed by atoms with Gasteiger partial charge in [0.05, 0.1) is 33.2 Å². The SMILES string of the molecule is CCC(=O)Cc1cc2c(Br)cn(S(=O)(=O)c3ccc(C)cc3)c2cn1.Cc1ccc(S(=O)(=O)n2cc(Br)c3cc(N)ncc32)cc1. The topological polar surface area (TPSA) is 147 Å². The average Bonchev–Trinajstić information content (AvgIpc) is 3.54. The van der Waals surface area contributed by atoms with Crippen molar-refractivity contribution in [2.75, 3.05) is 5.73 Å². The lowest BCUT2D eigenvalue weighted by Crippen LogP contribution is -2.12. The molecular weight excluding hydrogens is 758 g/mol. The number of rotatable bonds is 7. The van der Waals surface area contributed by atoms with Crippen LogP contribution in [0, 0.1) is 13.8 Å². The van der Waals surface area contributed by atoms with E-state index < -0.39 is 20.0 Å². The Bertz CT molecular complexity index is 2320. The van der Waals surface area contributed by atoms with Gasteiger partial charge in [-0.1, -0.05) is 42.3 Å². The first-order valence-electron chi connectivity index (χ1n) is 14.0. The van der Waals surface area contributed by atoms with Crippen LogP contribution in [-0.4, -0.2) is 40.5 Å². The normalized spacial score (nSPS) is 11.8. The lowest BCUT2D eigenvalue weighted by atomic mass is 10.1. The fourth-order valence-corrected chi connectivity index (χ4v) is 8.67. The number of nitrogen functional groups attached to an aromatic ring is 1. The van der Waals surface area contributed by atoms with Gasteiger partial charge in [0, 0.05) is 50.6 Å². The second kappa shape index (κ2) is 13.1. The molecule has 10 nitrogen and oxygen atoms in total. The first kappa shape index (κ1) is 33.5. The van der Waals surface area contributed by atoms with Crippen LogP contribution >= 0.6 is 31.9 Å². The first-order valence-corrected chi connectivity index (χ1v) is 18.4. The number of aromatic nitrogens is 4. The second-order valence-corrected chi connectivity index (χ2v) is 15.9. The summed E-state index contributed by atoms with van der Waals surface area (Å²) in [7, 11) is -7.39. The van der Waals surface area contributed by atoms with Gasteiger partial charge in [-0.2, -0.15) is 0 Å². The van der Waals surface area contributed by atoms with Crippen LogP contribution in [0.3, 0.4) is 0 Å². The molecule has 0 saturated carbocycles. The van der Waals surface area contributed by atoms with Crippen molar-refractivity contribution in [3.05, 3.63) is 111 Å². The average molecular weight is 788 g/mol. The summed E-state index contributed by atoms with van der Waals surface area (Å²) in [5, 5.41) is 1.42. The zero-order chi connectivity index (χ0) is 33.4. The molecule has 0 aliphatic heterocycles. The van der Waals surface area contributed by atoms with E-state index >= 15 is 0 Å². The third-order valence-electron chi connectivity index (χ3n) is 7.22. The number of nitrogens with two attached hydrogens (primary N) is 1. The highest BCUT2D eigenvalue weighted by Gasteiger charge is 2.22. The van der Waals surface area contributed by atoms with Crippen LogP contribution in [-0.2, 0) is 31.3 Å². The maximum absolute atomic E-state index is 12.9. The molecule has 2 aromatic carbocycles. The van der Waals surface area contributed by atoms with E-state index in [1.54, 1.807) is 67.6 Å². The molecule has 0 saturated heterocycles. The minimum atomic E-state index is -3.72. The number of hydrogen-bond donors (Lipinski definition) is 1. The number of carbonyl (C=O) groups is 1. The Balaban J connectivity index is 0.000000184. The smallest absolute Gasteiger partial charge is 0.268 e. The van der Waals surface area contributed by atoms with E-state index in [-0.39, 0.29) is 22.0 Å². The second-order valence-electron chi connectivity index (χ2n) is 10.6. The fraction of sp³-hybridized carbons (Fsp3) is 0.156. The zero-order valence-corrected chi connectivity index (χ0v) is 29.8. The molecule has 2 N–H and O–H groups in total. The van der Waals surface area contributed by atoms with Gasteiger partial charge >= 0.3 is 0 Å². The van der Waals surface area contributed by atoms with Crippen molar-refractivity contribution in [2.45, 2.75) is 43.4 Å². The van der Waals surface area contributed by atoms with E-state index in [2.05, 4.69) is 41.8 Å². The molecule has 46 heavy (non-hydrogen) atoms. The third kappa shape index (κ3) is 6.66. The number of benzene rings is 2. The molecule has 0 aliphatic carbocycles. The minimum absolute atomic E-state index is 0.0923. The van der Waals surface area contributed by atoms with E-state index in [0.29, 0.717) is 48.7 Å². The first-order chi connectivity index (χ1) is 21.7. The molecule has 0 radical (unpaired) electrons. The standard InChI is InChI=1S/C18H17BrN2O3S.C14H12BrN3O2S/c1-3-14(22)8-13-9-16-17(19)11-21(18(16)10-20-13)25(23,24)15-6-4-12(2)5-7-15;1-9-2-4-10(5-3-9)21(19,20)18-8-12(15)11-6-14(16)17-7-13(11)18/h4-7,9-11H,3,8H2,1-2H3;2-8H,1H3,(H2,16,17). The monoisotopic (exact) mass is 785 g/mol. The van der Waals surface area contributed by atoms with Crippen molar-refractivity contribution in [1.82, 2.24) is 17.9 Å². The highest BCUT2D eigenvalue weighted by molar-refractivity contribution is 9.11. The number of aryl methyl sites for hydroxylation is 2. The van der Waals surface area contributed by atoms with Gasteiger partial charge in [0.2, 0.25) is 0 Å². The summed E-state index contributed by atoms with van der Waals surface area (Å²) in [6.45, 7) is 5.62. The number of fused-ring (bicyclic) bond motifs is 2. The number of pyridine rings is 2. The van der Waals surface area contributed by atoms with Gasteiger partial charge in [-0.05, 0) is 82.1 Å². The molecule has 6 aromatic rings. The van der Waals surface area contributed by atoms with Crippen molar-refractivity contribution < 1.29 is 21.6 Å². The largest absolute Gasteiger partial charge is 0.384 e. The van der Waals surface area contributed by atoms with Gasteiger partial charge in [-0.25, -0.2) is 29.8 Å². The highest BCUT2D eigenvalue weighted by atomic mass is 79.9. The number of halogens is 2. The van der Waals surface area contributed by atoms with Gasteiger partial charge in [-0.3, -0.25) is 9.78 Å². The van der Waals surface area contributed by atoms with Crippen LogP contribution in [0.25, 0.3) is 21.8 Å². The van der Waals surface area contributed by atoms with E-state index in [4.69, 9.17) is 5.73 Å². The predicted molar refractivity (Wildman–Crippen MR) is 186 cm³/mol. The number of nitrogens with zero attached hydrogens (tertiary/aromatic N) is 4. The maximum atomic E-state index is 12.9. The number of ketones is 1. The zero-order valence-electron chi connectivity index (χ0n) is 25.0. The van der Waals surface area contributed by atoms with Crippen LogP contribution in [0.5, 0.6) is 0 Å². The number of hydrogen-bond acceptors (Lipinski definition) is 8. The number of carbonyl (C=O) groups excluding carboxylic acids is 1. The molecule has 0 amide bonds. The van der Waals surface area contributed by atoms with Gasteiger partial charge in [0.15, 0.2) is 0 Å². The molecule has 0 unspecified atom stereocenters. The van der Waals surface area contributed by atoms with Crippen LogP contribution in [0.15, 0.2) is 104 Å². The van der Waals surface area contributed by atoms with Crippen LogP contribution in [0.2, 0.25) is 0 Å². The predicted octanol–water partition coefficient (Wildman–Crippen LogP) is 6.79. The van der Waals surface area contributed by atoms with E-state index in [0.717, 1.165) is 11.1 Å². The fourth-order valence-electron chi connectivity index (χ4n) is 4.64.